The van der Waals surface area contributed by atoms with Crippen LogP contribution in [0.15, 0.2) is 121 Å². The van der Waals surface area contributed by atoms with Crippen molar-refractivity contribution in [1.82, 2.24) is 0 Å². The van der Waals surface area contributed by atoms with Gasteiger partial charge in [0.25, 0.3) is 0 Å². The van der Waals surface area contributed by atoms with Gasteiger partial charge in [0.15, 0.2) is 0 Å². The third-order valence-electron chi connectivity index (χ3n) is 7.58. The minimum Gasteiger partial charge on any atom is -0.153 e. The van der Waals surface area contributed by atoms with Crippen molar-refractivity contribution < 1.29 is 0 Å². The van der Waals surface area contributed by atoms with Gasteiger partial charge in [0.1, 0.15) is 0 Å². The molecule has 0 bridgehead atoms. The minimum absolute atomic E-state index is 1.27. The van der Waals surface area contributed by atoms with Crippen LogP contribution in [-0.4, -0.2) is 1.28 Å². The largest absolute Gasteiger partial charge is 0.153 e. The molecule has 35 heavy (non-hydrogen) atoms. The molecule has 0 aliphatic rings. The van der Waals surface area contributed by atoms with Crippen LogP contribution in [0.5, 0.6) is 0 Å². The first-order valence-electron chi connectivity index (χ1n) is 12.4. The Balaban J connectivity index is 0.00000108. The van der Waals surface area contributed by atoms with Crippen LogP contribution in [0.2, 0.25) is 0 Å². The summed E-state index contributed by atoms with van der Waals surface area (Å²) < 4.78 is 5.67. The third-order valence-corrected chi connectivity index (χ3v) is 7.58. The highest BCUT2D eigenvalue weighted by atomic mass is 31.0. The zero-order chi connectivity index (χ0) is 24.2. The van der Waals surface area contributed by atoms with Crippen molar-refractivity contribution in [1.29, 1.82) is 1.28 Å². The number of fused-ring (bicyclic) bond motifs is 6. The van der Waals surface area contributed by atoms with Crippen molar-refractivity contribution in [3.05, 3.63) is 121 Å². The average Bonchev–Trinajstić information content (AvgIpc) is 2.97. The maximum absolute atomic E-state index is 5.67. The van der Waals surface area contributed by atoms with Crippen LogP contribution in [0.4, 0.5) is 0 Å². The van der Waals surface area contributed by atoms with Crippen LogP contribution in [0.1, 0.15) is 0 Å². The summed E-state index contributed by atoms with van der Waals surface area (Å²) in [6.07, 6.45) is 0. The molecule has 1 heteroatoms. The molecular weight excluding hydrogens is 439 g/mol. The standard InChI is InChI=1S/C34H20.H3P/c1-2-10-28-26(8-1)27-9-3-4-11-29(27)32-20-24(16-18-30(28)32)25-17-14-23-13-12-21-6-5-7-22-15-19-31(25)34(23)33(21)22;/h1-20H;1H3/i;1T. The number of benzene rings is 8. The smallest absolute Gasteiger partial charge is 0.0511 e. The van der Waals surface area contributed by atoms with Crippen LogP contribution >= 0.6 is 9.84 Å². The van der Waals surface area contributed by atoms with E-state index in [2.05, 4.69) is 121 Å². The zero-order valence-electron chi connectivity index (χ0n) is 20.1. The normalized spacial score (nSPS) is 12.0. The highest BCUT2D eigenvalue weighted by molar-refractivity contribution is 6.92. The maximum atomic E-state index is 5.67. The third kappa shape index (κ3) is 2.78. The first-order chi connectivity index (χ1) is 17.9. The van der Waals surface area contributed by atoms with E-state index in [1.54, 1.807) is 9.84 Å². The second-order valence-electron chi connectivity index (χ2n) is 9.32. The van der Waals surface area contributed by atoms with Gasteiger partial charge in [0, 0.05) is 0 Å². The number of rotatable bonds is 1. The Hall–Kier alpha value is -3.99. The molecule has 8 aromatic carbocycles. The molecule has 1 atom stereocenters. The summed E-state index contributed by atoms with van der Waals surface area (Å²) in [5.74, 6) is 0. The highest BCUT2D eigenvalue weighted by Gasteiger charge is 2.14. The molecule has 0 fully saturated rings. The van der Waals surface area contributed by atoms with Crippen molar-refractivity contribution in [3.63, 3.8) is 0 Å². The molecule has 0 aliphatic carbocycles. The summed E-state index contributed by atoms with van der Waals surface area (Å²) in [5, 5.41) is 15.9. The fourth-order valence-corrected chi connectivity index (χ4v) is 6.06. The molecule has 0 radical (unpaired) electrons. The van der Waals surface area contributed by atoms with Gasteiger partial charge in [0.2, 0.25) is 0 Å². The van der Waals surface area contributed by atoms with Crippen LogP contribution < -0.4 is 0 Å². The molecule has 0 aliphatic heterocycles. The van der Waals surface area contributed by atoms with Crippen molar-refractivity contribution in [2.24, 2.45) is 0 Å². The molecule has 1 unspecified atom stereocenters. The first kappa shape index (κ1) is 19.3. The summed E-state index contributed by atoms with van der Waals surface area (Å²) in [5.41, 5.74) is 2.57. The highest BCUT2D eigenvalue weighted by Crippen LogP contribution is 2.41. The van der Waals surface area contributed by atoms with E-state index in [-0.39, 0.29) is 0 Å². The number of hydrogen-bond acceptors (Lipinski definition) is 0. The monoisotopic (exact) mass is 464 g/mol. The average molecular weight is 465 g/mol. The predicted octanol–water partition coefficient (Wildman–Crippen LogP) is 9.77. The van der Waals surface area contributed by atoms with E-state index >= 15 is 0 Å². The molecule has 8 aromatic rings. The van der Waals surface area contributed by atoms with Crippen LogP contribution in [0.25, 0.3) is 75.8 Å². The molecule has 8 rings (SSSR count). The Kier molecular flexibility index (Phi) is 4.15. The van der Waals surface area contributed by atoms with Gasteiger partial charge in [-0.1, -0.05) is 115 Å². The summed E-state index contributed by atoms with van der Waals surface area (Å²) in [4.78, 5) is 0. The molecule has 0 aromatic heterocycles. The van der Waals surface area contributed by atoms with E-state index < -0.39 is 0 Å². The van der Waals surface area contributed by atoms with Gasteiger partial charge in [-0.2, -0.15) is 9.84 Å². The van der Waals surface area contributed by atoms with E-state index in [1.807, 2.05) is 0 Å². The van der Waals surface area contributed by atoms with Crippen LogP contribution in [-0.2, 0) is 0 Å². The van der Waals surface area contributed by atoms with Gasteiger partial charge in [-0.25, -0.2) is 0 Å². The van der Waals surface area contributed by atoms with Crippen molar-refractivity contribution in [2.45, 2.75) is 0 Å². The molecule has 0 N–H and O–H groups in total. The molecule has 0 saturated heterocycles. The molecular formula is C34H23P. The van der Waals surface area contributed by atoms with E-state index in [0.717, 1.165) is 0 Å². The Morgan fingerprint density at radius 3 is 1.51 bits per heavy atom. The molecule has 0 heterocycles. The fraction of sp³-hybridized carbons (Fsp3) is 0. The second kappa shape index (κ2) is 7.51. The van der Waals surface area contributed by atoms with E-state index in [0.29, 0.717) is 0 Å². The van der Waals surface area contributed by atoms with Gasteiger partial charge >= 0.3 is 0 Å². The molecule has 164 valence electrons. The lowest BCUT2D eigenvalue weighted by Crippen LogP contribution is -1.88. The van der Waals surface area contributed by atoms with Crippen molar-refractivity contribution in [2.75, 3.05) is 0 Å². The van der Waals surface area contributed by atoms with Crippen molar-refractivity contribution >= 4 is 74.5 Å². The molecule has 0 spiro atoms. The fourth-order valence-electron chi connectivity index (χ4n) is 6.06. The van der Waals surface area contributed by atoms with Gasteiger partial charge in [-0.15, -0.1) is 0 Å². The quantitative estimate of drug-likeness (QED) is 0.167. The van der Waals surface area contributed by atoms with E-state index in [4.69, 9.17) is 1.28 Å². The number of hydrogen-bond donors (Lipinski definition) is 0. The summed E-state index contributed by atoms with van der Waals surface area (Å²) in [7, 11) is 1.67. The maximum Gasteiger partial charge on any atom is 0.0511 e. The summed E-state index contributed by atoms with van der Waals surface area (Å²) in [6.45, 7) is 0. The van der Waals surface area contributed by atoms with Gasteiger partial charge in [-0.3, -0.25) is 0 Å². The lowest BCUT2D eigenvalue weighted by molar-refractivity contribution is 1.71. The second-order valence-corrected chi connectivity index (χ2v) is 9.32. The van der Waals surface area contributed by atoms with Crippen LogP contribution in [0.3, 0.4) is 0 Å². The minimum atomic E-state index is 1.27. The van der Waals surface area contributed by atoms with Gasteiger partial charge in [-0.05, 0) is 81.8 Å². The molecule has 0 saturated carbocycles. The zero-order valence-corrected chi connectivity index (χ0v) is 20.3. The summed E-state index contributed by atoms with van der Waals surface area (Å²) in [6, 6.07) is 44.9. The van der Waals surface area contributed by atoms with Gasteiger partial charge in [0.05, 0.1) is 1.28 Å². The van der Waals surface area contributed by atoms with E-state index in [1.165, 1.54) is 75.8 Å². The predicted molar refractivity (Wildman–Crippen MR) is 159 cm³/mol. The van der Waals surface area contributed by atoms with Gasteiger partial charge < -0.3 is 0 Å². The SMILES string of the molecule is [3H]P.c1cc2ccc3ccc(-c4ccc5c6ccccc6c6ccccc6c5c4)c4ccc(c1)c2c34. The van der Waals surface area contributed by atoms with Crippen LogP contribution in [0, 0.1) is 0 Å². The first-order valence-corrected chi connectivity index (χ1v) is 11.9. The summed E-state index contributed by atoms with van der Waals surface area (Å²) >= 11 is 0. The lowest BCUT2D eigenvalue weighted by atomic mass is 9.88. The topological polar surface area (TPSA) is 0 Å². The molecule has 0 nitrogen and oxygen atoms in total. The Morgan fingerprint density at radius 2 is 0.857 bits per heavy atom. The lowest BCUT2D eigenvalue weighted by Gasteiger charge is -2.15. The van der Waals surface area contributed by atoms with Crippen molar-refractivity contribution in [3.8, 4) is 11.1 Å². The van der Waals surface area contributed by atoms with E-state index in [9.17, 15) is 0 Å². The Morgan fingerprint density at radius 1 is 0.371 bits per heavy atom. The molecule has 0 amide bonds. The Labute approximate surface area is 208 Å². The Bertz CT molecular complexity index is 2020.